The average molecular weight is 98.1 g/mol. The van der Waals surface area contributed by atoms with Crippen molar-refractivity contribution in [1.82, 2.24) is 10.6 Å². The van der Waals surface area contributed by atoms with E-state index in [-0.39, 0.29) is 0 Å². The summed E-state index contributed by atoms with van der Waals surface area (Å²) in [5.74, 6) is 0.477. The normalized spacial score (nSPS) is 35.1. The second kappa shape index (κ2) is 0.767. The summed E-state index contributed by atoms with van der Waals surface area (Å²) in [5.41, 5.74) is 0.986. The molecule has 2 aliphatic heterocycles. The second-order valence-corrected chi connectivity index (χ2v) is 1.82. The van der Waals surface area contributed by atoms with Crippen LogP contribution in [0.3, 0.4) is 0 Å². The van der Waals surface area contributed by atoms with Crippen LogP contribution in [0.2, 0.25) is 0 Å². The van der Waals surface area contributed by atoms with Crippen molar-refractivity contribution < 1.29 is 5.11 Å². The summed E-state index contributed by atoms with van der Waals surface area (Å²) in [4.78, 5) is 0. The molecule has 0 bridgehead atoms. The topological polar surface area (TPSA) is 54.2 Å². The molecule has 0 saturated carbocycles. The van der Waals surface area contributed by atoms with Gasteiger partial charge in [0, 0.05) is 0 Å². The Hall–Kier alpha value is -0.700. The average Bonchev–Trinajstić information content (AvgIpc) is 2.33. The quantitative estimate of drug-likeness (QED) is 0.351. The lowest BCUT2D eigenvalue weighted by atomic mass is 10.5. The molecule has 0 amide bonds. The molecule has 7 heavy (non-hydrogen) atoms. The maximum Gasteiger partial charge on any atom is 0.129 e. The SMILES string of the molecule is OC1=C2NC2NC1. The first-order valence-corrected chi connectivity index (χ1v) is 2.30. The number of aliphatic hydroxyl groups is 1. The van der Waals surface area contributed by atoms with Gasteiger partial charge in [-0.15, -0.1) is 0 Å². The molecule has 1 saturated heterocycles. The number of hydrogen-bond donors (Lipinski definition) is 3. The summed E-state index contributed by atoms with van der Waals surface area (Å²) < 4.78 is 0. The molecule has 2 aliphatic rings. The molecule has 1 atom stereocenters. The van der Waals surface area contributed by atoms with E-state index in [2.05, 4.69) is 10.6 Å². The molecular formula is C4H6N2O. The van der Waals surface area contributed by atoms with Crippen LogP contribution in [0.4, 0.5) is 0 Å². The number of nitrogens with one attached hydrogen (secondary N) is 2. The summed E-state index contributed by atoms with van der Waals surface area (Å²) in [6.07, 6.45) is 0.319. The van der Waals surface area contributed by atoms with Crippen LogP contribution in [0, 0.1) is 0 Å². The van der Waals surface area contributed by atoms with Gasteiger partial charge in [0.15, 0.2) is 0 Å². The van der Waals surface area contributed by atoms with E-state index in [0.717, 1.165) is 5.70 Å². The second-order valence-electron chi connectivity index (χ2n) is 1.82. The molecule has 1 unspecified atom stereocenters. The maximum atomic E-state index is 8.79. The van der Waals surface area contributed by atoms with Crippen molar-refractivity contribution in [2.45, 2.75) is 6.17 Å². The van der Waals surface area contributed by atoms with E-state index in [1.165, 1.54) is 0 Å². The molecule has 2 heterocycles. The zero-order chi connectivity index (χ0) is 4.85. The van der Waals surface area contributed by atoms with Gasteiger partial charge in [0.25, 0.3) is 0 Å². The van der Waals surface area contributed by atoms with Gasteiger partial charge in [0.1, 0.15) is 11.9 Å². The van der Waals surface area contributed by atoms with Gasteiger partial charge in [0.2, 0.25) is 0 Å². The summed E-state index contributed by atoms with van der Waals surface area (Å²) in [5, 5.41) is 14.7. The molecular weight excluding hydrogens is 92.1 g/mol. The monoisotopic (exact) mass is 98.0 g/mol. The minimum atomic E-state index is 0.319. The van der Waals surface area contributed by atoms with Gasteiger partial charge >= 0.3 is 0 Å². The Bertz CT molecular complexity index is 141. The van der Waals surface area contributed by atoms with Crippen LogP contribution >= 0.6 is 0 Å². The first kappa shape index (κ1) is 3.32. The van der Waals surface area contributed by atoms with E-state index in [1.807, 2.05) is 0 Å². The van der Waals surface area contributed by atoms with E-state index >= 15 is 0 Å². The Labute approximate surface area is 41.0 Å². The summed E-state index contributed by atoms with van der Waals surface area (Å²) in [7, 11) is 0. The van der Waals surface area contributed by atoms with Crippen molar-refractivity contribution in [2.75, 3.05) is 6.54 Å². The lowest BCUT2D eigenvalue weighted by Gasteiger charge is -1.90. The third kappa shape index (κ3) is 0.282. The fourth-order valence-corrected chi connectivity index (χ4v) is 0.811. The highest BCUT2D eigenvalue weighted by Gasteiger charge is 2.37. The molecule has 2 rings (SSSR count). The van der Waals surface area contributed by atoms with Crippen molar-refractivity contribution >= 4 is 0 Å². The molecule has 0 spiro atoms. The van der Waals surface area contributed by atoms with Gasteiger partial charge in [-0.2, -0.15) is 0 Å². The van der Waals surface area contributed by atoms with Crippen molar-refractivity contribution in [3.05, 3.63) is 11.5 Å². The van der Waals surface area contributed by atoms with Crippen molar-refractivity contribution in [3.8, 4) is 0 Å². The van der Waals surface area contributed by atoms with E-state index in [4.69, 9.17) is 5.11 Å². The van der Waals surface area contributed by atoms with Gasteiger partial charge in [0.05, 0.1) is 12.2 Å². The standard InChI is InChI=1S/C4H6N2O/c7-2-1-5-4-3(2)6-4/h4-7H,1H2. The summed E-state index contributed by atoms with van der Waals surface area (Å²) >= 11 is 0. The molecule has 3 nitrogen and oxygen atoms in total. The largest absolute Gasteiger partial charge is 0.509 e. The van der Waals surface area contributed by atoms with Crippen molar-refractivity contribution in [1.29, 1.82) is 0 Å². The fraction of sp³-hybridized carbons (Fsp3) is 0.500. The van der Waals surface area contributed by atoms with Gasteiger partial charge < -0.3 is 10.4 Å². The fourth-order valence-electron chi connectivity index (χ4n) is 0.811. The van der Waals surface area contributed by atoms with Crippen molar-refractivity contribution in [2.24, 2.45) is 0 Å². The minimum Gasteiger partial charge on any atom is -0.509 e. The van der Waals surface area contributed by atoms with Gasteiger partial charge in [-0.05, 0) is 0 Å². The molecule has 0 aromatic carbocycles. The van der Waals surface area contributed by atoms with Crippen LogP contribution in [0.15, 0.2) is 11.5 Å². The van der Waals surface area contributed by atoms with E-state index < -0.39 is 0 Å². The van der Waals surface area contributed by atoms with Gasteiger partial charge in [-0.1, -0.05) is 0 Å². The zero-order valence-corrected chi connectivity index (χ0v) is 3.73. The van der Waals surface area contributed by atoms with Crippen LogP contribution in [-0.4, -0.2) is 17.8 Å². The Morgan fingerprint density at radius 1 is 1.71 bits per heavy atom. The molecule has 1 fully saturated rings. The van der Waals surface area contributed by atoms with E-state index in [0.29, 0.717) is 18.5 Å². The molecule has 0 aliphatic carbocycles. The van der Waals surface area contributed by atoms with Crippen LogP contribution in [0.5, 0.6) is 0 Å². The maximum absolute atomic E-state index is 8.79. The number of aliphatic hydroxyl groups excluding tert-OH is 1. The van der Waals surface area contributed by atoms with Crippen LogP contribution in [0.25, 0.3) is 0 Å². The third-order valence-corrected chi connectivity index (χ3v) is 1.29. The highest BCUT2D eigenvalue weighted by molar-refractivity contribution is 5.32. The first-order valence-electron chi connectivity index (χ1n) is 2.30. The van der Waals surface area contributed by atoms with E-state index in [9.17, 15) is 0 Å². The van der Waals surface area contributed by atoms with Crippen LogP contribution < -0.4 is 10.6 Å². The highest BCUT2D eigenvalue weighted by atomic mass is 16.3. The Kier molecular flexibility index (Phi) is 0.364. The predicted octanol–water partition coefficient (Wildman–Crippen LogP) is -0.712. The zero-order valence-electron chi connectivity index (χ0n) is 3.73. The highest BCUT2D eigenvalue weighted by Crippen LogP contribution is 2.21. The lowest BCUT2D eigenvalue weighted by Crippen LogP contribution is -2.18. The molecule has 0 aromatic rings. The Morgan fingerprint density at radius 3 is 2.71 bits per heavy atom. The first-order chi connectivity index (χ1) is 3.38. The molecule has 3 N–H and O–H groups in total. The minimum absolute atomic E-state index is 0.319. The molecule has 38 valence electrons. The third-order valence-electron chi connectivity index (χ3n) is 1.29. The lowest BCUT2D eigenvalue weighted by molar-refractivity contribution is 0.395. The van der Waals surface area contributed by atoms with Gasteiger partial charge in [-0.3, -0.25) is 5.32 Å². The summed E-state index contributed by atoms with van der Waals surface area (Å²) in [6, 6.07) is 0. The Balaban J connectivity index is 2.36. The number of hydrogen-bond acceptors (Lipinski definition) is 3. The van der Waals surface area contributed by atoms with Gasteiger partial charge in [-0.25, -0.2) is 0 Å². The number of rotatable bonds is 0. The number of fused-ring (bicyclic) bond motifs is 1. The molecule has 0 aromatic heterocycles. The van der Waals surface area contributed by atoms with Crippen LogP contribution in [0.1, 0.15) is 0 Å². The molecule has 0 radical (unpaired) electrons. The smallest absolute Gasteiger partial charge is 0.129 e. The molecule has 3 heteroatoms. The van der Waals surface area contributed by atoms with E-state index in [1.54, 1.807) is 0 Å². The Morgan fingerprint density at radius 2 is 2.57 bits per heavy atom. The summed E-state index contributed by atoms with van der Waals surface area (Å²) in [6.45, 7) is 0.646. The van der Waals surface area contributed by atoms with Crippen molar-refractivity contribution in [3.63, 3.8) is 0 Å². The predicted molar refractivity (Wildman–Crippen MR) is 24.6 cm³/mol. The van der Waals surface area contributed by atoms with Crippen LogP contribution in [-0.2, 0) is 0 Å².